The van der Waals surface area contributed by atoms with Gasteiger partial charge in [0.1, 0.15) is 0 Å². The van der Waals surface area contributed by atoms with E-state index >= 15 is 0 Å². The van der Waals surface area contributed by atoms with E-state index in [1.807, 2.05) is 35.6 Å². The summed E-state index contributed by atoms with van der Waals surface area (Å²) < 4.78 is 39.1. The molecule has 2 saturated heterocycles. The molecule has 2 fully saturated rings. The van der Waals surface area contributed by atoms with Crippen LogP contribution in [0.5, 0.6) is 0 Å². The number of ether oxygens (including phenoxy) is 1. The Morgan fingerprint density at radius 3 is 1.72 bits per heavy atom. The Morgan fingerprint density at radius 2 is 1.26 bits per heavy atom. The quantitative estimate of drug-likeness (QED) is 0.100. The summed E-state index contributed by atoms with van der Waals surface area (Å²) in [5.74, 6) is -6.00. The second kappa shape index (κ2) is 24.0. The zero-order valence-corrected chi connectivity index (χ0v) is 36.8. The maximum atomic E-state index is 13.0. The minimum absolute atomic E-state index is 0.0496. The number of piperidine rings is 2. The summed E-state index contributed by atoms with van der Waals surface area (Å²) in [6, 6.07) is 25.2. The largest absolute Gasteiger partial charge is 0.449 e. The summed E-state index contributed by atoms with van der Waals surface area (Å²) in [4.78, 5) is 79.0. The van der Waals surface area contributed by atoms with Crippen molar-refractivity contribution in [1.82, 2.24) is 20.2 Å². The highest BCUT2D eigenvalue weighted by Gasteiger charge is 2.39. The predicted molar refractivity (Wildman–Crippen MR) is 235 cm³/mol. The molecule has 346 valence electrons. The lowest BCUT2D eigenvalue weighted by atomic mass is 9.79. The molecule has 4 heterocycles. The number of aromatic nitrogens is 2. The molecule has 2 atom stereocenters. The fourth-order valence-corrected chi connectivity index (χ4v) is 6.66. The van der Waals surface area contributed by atoms with Gasteiger partial charge in [-0.3, -0.25) is 33.9 Å². The zero-order chi connectivity index (χ0) is 48.4. The SMILES string of the molecule is CC#N.CC1(C)CCC(c2ccccc2)N(C(=O)C(=O)Nc2cncc(C(N)=O)c2)C1.CC1(C)CCC(c2ccccc2)NC1.NC(=O)c1cncc(NC(=O)C(=O)OCC(F)(F)F)c1. The summed E-state index contributed by atoms with van der Waals surface area (Å²) >= 11 is 0. The van der Waals surface area contributed by atoms with Crippen LogP contribution in [0.25, 0.3) is 0 Å². The molecule has 0 bridgehead atoms. The first-order chi connectivity index (χ1) is 30.5. The van der Waals surface area contributed by atoms with E-state index in [0.717, 1.165) is 43.4 Å². The molecule has 0 aliphatic carbocycles. The van der Waals surface area contributed by atoms with Gasteiger partial charge < -0.3 is 37.1 Å². The van der Waals surface area contributed by atoms with E-state index < -0.39 is 48.3 Å². The Balaban J connectivity index is 0.000000265. The second-order valence-electron chi connectivity index (χ2n) is 16.6. The molecule has 0 radical (unpaired) electrons. The minimum atomic E-state index is -4.73. The number of likely N-dealkylation sites (tertiary alicyclic amines) is 1. The van der Waals surface area contributed by atoms with Crippen molar-refractivity contribution >= 4 is 46.9 Å². The molecule has 2 aliphatic heterocycles. The topological polar surface area (TPSA) is 253 Å². The van der Waals surface area contributed by atoms with Crippen LogP contribution in [-0.4, -0.2) is 76.2 Å². The number of primary amides is 2. The third kappa shape index (κ3) is 17.8. The number of pyridine rings is 2. The second-order valence-corrected chi connectivity index (χ2v) is 16.6. The van der Waals surface area contributed by atoms with Crippen molar-refractivity contribution in [1.29, 1.82) is 5.26 Å². The predicted octanol–water partition coefficient (Wildman–Crippen LogP) is 6.40. The van der Waals surface area contributed by atoms with Gasteiger partial charge in [-0.1, -0.05) is 88.4 Å². The van der Waals surface area contributed by atoms with Gasteiger partial charge in [0.25, 0.3) is 0 Å². The average Bonchev–Trinajstić information content (AvgIpc) is 3.26. The molecule has 0 saturated carbocycles. The van der Waals surface area contributed by atoms with E-state index in [1.54, 1.807) is 11.0 Å². The number of rotatable bonds is 7. The van der Waals surface area contributed by atoms with Gasteiger partial charge >= 0.3 is 29.9 Å². The maximum absolute atomic E-state index is 13.0. The first-order valence-corrected chi connectivity index (χ1v) is 20.4. The van der Waals surface area contributed by atoms with E-state index in [9.17, 15) is 41.9 Å². The van der Waals surface area contributed by atoms with Crippen LogP contribution in [0.2, 0.25) is 0 Å². The number of benzene rings is 2. The van der Waals surface area contributed by atoms with Gasteiger partial charge in [0.2, 0.25) is 11.8 Å². The summed E-state index contributed by atoms with van der Waals surface area (Å²) in [6.45, 7) is 10.0. The number of nitriles is 1. The molecule has 2 unspecified atom stereocenters. The molecule has 19 heteroatoms. The first kappa shape index (κ1) is 52.1. The summed E-state index contributed by atoms with van der Waals surface area (Å²) in [5.41, 5.74) is 13.3. The van der Waals surface area contributed by atoms with Crippen molar-refractivity contribution in [2.45, 2.75) is 78.6 Å². The Kier molecular flexibility index (Phi) is 19.3. The lowest BCUT2D eigenvalue weighted by molar-refractivity contribution is -0.186. The van der Waals surface area contributed by atoms with Gasteiger partial charge in [-0.2, -0.15) is 18.4 Å². The van der Waals surface area contributed by atoms with E-state index in [1.165, 1.54) is 43.8 Å². The standard InChI is InChI=1S/C21H24N4O3.C13H19N.C10H8F3N3O4.C2H3N/c1-21(2)9-8-17(14-6-4-3-5-7-14)25(13-21)20(28)19(27)24-16-10-15(18(22)26)11-23-12-16;1-13(2)9-8-12(14-10-13)11-6-4-3-5-7-11;11-10(12,13)4-20-9(19)8(18)16-6-1-5(7(14)17)2-15-3-6;1-2-3/h3-7,10-12,17H,8-9,13H2,1-2H3,(H2,22,26)(H,24,27);3-7,12,14H,8-10H2,1-2H3;1-3H,4H2,(H2,14,17)(H,16,18);1H3. The lowest BCUT2D eigenvalue weighted by Crippen LogP contribution is -2.49. The first-order valence-electron chi connectivity index (χ1n) is 20.4. The Hall–Kier alpha value is -7.20. The molecule has 2 aromatic carbocycles. The Morgan fingerprint density at radius 1 is 0.785 bits per heavy atom. The summed E-state index contributed by atoms with van der Waals surface area (Å²) in [5, 5.41) is 15.4. The maximum Gasteiger partial charge on any atom is 0.422 e. The monoisotopic (exact) mass is 901 g/mol. The number of esters is 1. The van der Waals surface area contributed by atoms with Crippen molar-refractivity contribution in [3.05, 3.63) is 120 Å². The molecular formula is C46H54F3N9O7. The van der Waals surface area contributed by atoms with Gasteiger partial charge in [0.15, 0.2) is 6.61 Å². The van der Waals surface area contributed by atoms with Gasteiger partial charge in [-0.25, -0.2) is 4.79 Å². The van der Waals surface area contributed by atoms with Gasteiger partial charge in [0.05, 0.1) is 47.0 Å². The van der Waals surface area contributed by atoms with Crippen molar-refractivity contribution in [2.24, 2.45) is 22.3 Å². The van der Waals surface area contributed by atoms with Crippen LogP contribution in [0, 0.1) is 22.2 Å². The van der Waals surface area contributed by atoms with Crippen LogP contribution in [0.1, 0.15) is 104 Å². The smallest absolute Gasteiger partial charge is 0.422 e. The van der Waals surface area contributed by atoms with Crippen molar-refractivity contribution in [3.63, 3.8) is 0 Å². The number of nitrogens with two attached hydrogens (primary N) is 2. The number of carbonyl (C=O) groups is 6. The molecule has 6 rings (SSSR count). The molecule has 2 aromatic heterocycles. The summed E-state index contributed by atoms with van der Waals surface area (Å²) in [7, 11) is 0. The van der Waals surface area contributed by atoms with Crippen LogP contribution < -0.4 is 27.4 Å². The molecule has 2 aliphatic rings. The van der Waals surface area contributed by atoms with Gasteiger partial charge in [-0.15, -0.1) is 0 Å². The Labute approximate surface area is 375 Å². The van der Waals surface area contributed by atoms with Crippen molar-refractivity contribution < 1.29 is 46.7 Å². The van der Waals surface area contributed by atoms with Crippen molar-refractivity contribution in [2.75, 3.05) is 30.3 Å². The number of alkyl halides is 3. The average molecular weight is 902 g/mol. The third-order valence-corrected chi connectivity index (χ3v) is 9.96. The highest BCUT2D eigenvalue weighted by atomic mass is 19.4. The van der Waals surface area contributed by atoms with E-state index in [-0.39, 0.29) is 34.0 Å². The fourth-order valence-electron chi connectivity index (χ4n) is 6.66. The highest BCUT2D eigenvalue weighted by molar-refractivity contribution is 6.39. The number of hydrogen-bond donors (Lipinski definition) is 5. The number of anilines is 2. The summed E-state index contributed by atoms with van der Waals surface area (Å²) in [6.07, 6.45) is 4.45. The molecule has 65 heavy (non-hydrogen) atoms. The molecule has 5 amide bonds. The van der Waals surface area contributed by atoms with Crippen LogP contribution >= 0.6 is 0 Å². The molecule has 7 N–H and O–H groups in total. The molecule has 16 nitrogen and oxygen atoms in total. The third-order valence-electron chi connectivity index (χ3n) is 9.96. The number of hydrogen-bond acceptors (Lipinski definition) is 11. The highest BCUT2D eigenvalue weighted by Crippen LogP contribution is 2.39. The van der Waals surface area contributed by atoms with Gasteiger partial charge in [-0.05, 0) is 59.8 Å². The molecule has 0 spiro atoms. The number of nitrogens with one attached hydrogen (secondary N) is 3. The normalized spacial score (nSPS) is 16.9. The molecule has 4 aromatic rings. The number of carbonyl (C=O) groups excluding carboxylic acids is 6. The van der Waals surface area contributed by atoms with E-state index in [0.29, 0.717) is 18.0 Å². The van der Waals surface area contributed by atoms with Gasteiger partial charge in [0, 0.05) is 38.4 Å². The minimum Gasteiger partial charge on any atom is -0.449 e. The number of halogens is 3. The Bertz CT molecular complexity index is 2290. The molecular weight excluding hydrogens is 848 g/mol. The van der Waals surface area contributed by atoms with Crippen LogP contribution in [0.4, 0.5) is 24.5 Å². The van der Waals surface area contributed by atoms with Crippen LogP contribution in [-0.2, 0) is 23.9 Å². The number of nitrogens with zero attached hydrogens (tertiary/aromatic N) is 4. The number of amides is 5. The fraction of sp³-hybridized carbons (Fsp3) is 0.370. The van der Waals surface area contributed by atoms with E-state index in [2.05, 4.69) is 83.4 Å². The van der Waals surface area contributed by atoms with E-state index in [4.69, 9.17) is 16.7 Å². The lowest BCUT2D eigenvalue weighted by Gasteiger charge is -2.43. The van der Waals surface area contributed by atoms with Crippen LogP contribution in [0.15, 0.2) is 97.6 Å². The van der Waals surface area contributed by atoms with Crippen molar-refractivity contribution in [3.8, 4) is 6.07 Å². The zero-order valence-electron chi connectivity index (χ0n) is 36.8. The van der Waals surface area contributed by atoms with Crippen LogP contribution in [0.3, 0.4) is 0 Å².